The average molecular weight is 828 g/mol. The van der Waals surface area contributed by atoms with Crippen LogP contribution < -0.4 is 24.8 Å². The van der Waals surface area contributed by atoms with Gasteiger partial charge in [0.1, 0.15) is 46.5 Å². The van der Waals surface area contributed by atoms with E-state index in [-0.39, 0.29) is 49.9 Å². The van der Waals surface area contributed by atoms with E-state index in [1.165, 1.54) is 18.2 Å². The van der Waals surface area contributed by atoms with Crippen LogP contribution in [0.5, 0.6) is 11.6 Å². The number of methoxy groups -OCH3 is 1. The molecule has 0 radical (unpaired) electrons. The number of fused-ring (bicyclic) bond motifs is 3. The Hall–Kier alpha value is -4.51. The molecule has 2 saturated carbocycles. The second kappa shape index (κ2) is 16.3. The van der Waals surface area contributed by atoms with Gasteiger partial charge in [0.25, 0.3) is 5.91 Å². The zero-order chi connectivity index (χ0) is 41.5. The number of ether oxygens (including phenoxy) is 4. The van der Waals surface area contributed by atoms with E-state index in [4.69, 9.17) is 18.9 Å². The number of halogens is 1. The lowest BCUT2D eigenvalue weighted by Gasteiger charge is -2.35. The molecule has 0 bridgehead atoms. The average Bonchev–Trinajstić information content (AvgIpc) is 4.10. The number of alkyl carbamates (subject to hydrolysis) is 1. The predicted molar refractivity (Wildman–Crippen MR) is 210 cm³/mol. The monoisotopic (exact) mass is 827 g/mol. The van der Waals surface area contributed by atoms with Crippen molar-refractivity contribution in [2.45, 2.75) is 113 Å². The van der Waals surface area contributed by atoms with Crippen molar-refractivity contribution in [3.63, 3.8) is 0 Å². The number of hydrogen-bond acceptors (Lipinski definition) is 11. The van der Waals surface area contributed by atoms with E-state index in [0.717, 1.165) is 11.8 Å². The summed E-state index contributed by atoms with van der Waals surface area (Å²) in [5.41, 5.74) is -2.45. The number of sulfonamides is 1. The number of allylic oxidation sites excluding steroid dienone is 1. The van der Waals surface area contributed by atoms with Gasteiger partial charge in [-0.25, -0.2) is 22.6 Å². The third kappa shape index (κ3) is 8.34. The van der Waals surface area contributed by atoms with Crippen LogP contribution in [-0.4, -0.2) is 110 Å². The molecule has 4 fully saturated rings. The molecule has 1 aromatic carbocycles. The lowest BCUT2D eigenvalue weighted by Crippen LogP contribution is -2.59. The van der Waals surface area contributed by atoms with Gasteiger partial charge < -0.3 is 34.5 Å². The molecule has 5 aliphatic rings. The van der Waals surface area contributed by atoms with Crippen LogP contribution in [-0.2, 0) is 33.9 Å². The number of nitrogens with zero attached hydrogens (tertiary/aromatic N) is 2. The quantitative estimate of drug-likeness (QED) is 0.309. The van der Waals surface area contributed by atoms with Crippen LogP contribution in [0, 0.1) is 17.8 Å². The Morgan fingerprint density at radius 2 is 1.81 bits per heavy atom. The van der Waals surface area contributed by atoms with Gasteiger partial charge in [-0.1, -0.05) is 44.2 Å². The smallest absolute Gasteiger partial charge is 0.408 e. The first-order valence-electron chi connectivity index (χ1n) is 20.2. The topological polar surface area (TPSA) is 192 Å². The van der Waals surface area contributed by atoms with Crippen molar-refractivity contribution < 1.29 is 50.9 Å². The fraction of sp³-hybridized carbons (Fsp3) is 0.634. The zero-order valence-corrected chi connectivity index (χ0v) is 34.3. The van der Waals surface area contributed by atoms with Crippen molar-refractivity contribution in [3.8, 4) is 11.6 Å². The maximum absolute atomic E-state index is 14.9. The van der Waals surface area contributed by atoms with Gasteiger partial charge in [-0.05, 0) is 63.4 Å². The molecule has 15 nitrogen and oxygen atoms in total. The molecule has 7 rings (SSSR count). The molecular weight excluding hydrogens is 774 g/mol. The van der Waals surface area contributed by atoms with E-state index in [9.17, 15) is 32.0 Å². The van der Waals surface area contributed by atoms with Gasteiger partial charge in [0, 0.05) is 36.0 Å². The second-order valence-electron chi connectivity index (χ2n) is 17.1. The number of pyridine rings is 1. The standard InChI is InChI=1S/C41H54FN5O10S/c1-25-9-5-6-10-27-21-41(27,37(50)46-58(52,53)40(24-42)13-14-40)45-34(48)31-20-28(56-35-30-12-8-7-11-29(30)32(54-4)22-43-35)23-47(31)36(49)33(26(2)19-25)44-38(51)57-39(3)15-17-55-18-16-39/h6-8,10-12,22,25-28,31,33H,5,9,13-21,23-24H2,1-4H3,(H,44,51)(H,45,48)(H,46,50)/b10-6-/t25-,26-,27?,28-,31+,33+,41-/m1/s1. The molecule has 2 aromatic rings. The van der Waals surface area contributed by atoms with Gasteiger partial charge in [-0.2, -0.15) is 0 Å². The first-order valence-corrected chi connectivity index (χ1v) is 21.7. The fourth-order valence-electron chi connectivity index (χ4n) is 8.59. The van der Waals surface area contributed by atoms with Crippen molar-refractivity contribution in [1.82, 2.24) is 25.2 Å². The highest BCUT2D eigenvalue weighted by atomic mass is 32.2. The molecule has 4 amide bonds. The number of amides is 4. The molecule has 1 aromatic heterocycles. The highest BCUT2D eigenvalue weighted by molar-refractivity contribution is 7.91. The SMILES string of the molecule is COc1cnc(O[C@@H]2C[C@H]3C(=O)N[C@]4(C(=O)NS(=O)(=O)C5(CF)CC5)CC4/C=C\CC[C@@H](C)C[C@@H](C)[C@H](NC(=O)OC4(C)CCOCC4)C(=O)N3C2)c2ccccc12. The Labute approximate surface area is 338 Å². The maximum atomic E-state index is 14.9. The minimum absolute atomic E-state index is 0.0128. The molecule has 58 heavy (non-hydrogen) atoms. The van der Waals surface area contributed by atoms with E-state index >= 15 is 0 Å². The molecule has 7 atom stereocenters. The molecule has 4 heterocycles. The highest BCUT2D eigenvalue weighted by Crippen LogP contribution is 2.48. The summed E-state index contributed by atoms with van der Waals surface area (Å²) < 4.78 is 64.1. The van der Waals surface area contributed by atoms with Gasteiger partial charge in [-0.15, -0.1) is 0 Å². The van der Waals surface area contributed by atoms with Crippen molar-refractivity contribution in [2.75, 3.05) is 33.5 Å². The molecule has 3 aliphatic heterocycles. The number of hydrogen-bond donors (Lipinski definition) is 3. The molecule has 17 heteroatoms. The Balaban J connectivity index is 1.21. The van der Waals surface area contributed by atoms with E-state index in [1.807, 2.05) is 50.3 Å². The van der Waals surface area contributed by atoms with Crippen LogP contribution >= 0.6 is 0 Å². The summed E-state index contributed by atoms with van der Waals surface area (Å²) in [6.07, 6.45) is 6.89. The van der Waals surface area contributed by atoms with E-state index in [1.54, 1.807) is 0 Å². The van der Waals surface area contributed by atoms with Crippen LogP contribution in [0.1, 0.15) is 78.6 Å². The zero-order valence-electron chi connectivity index (χ0n) is 33.5. The van der Waals surface area contributed by atoms with Crippen molar-refractivity contribution in [1.29, 1.82) is 0 Å². The summed E-state index contributed by atoms with van der Waals surface area (Å²) in [6, 6.07) is 5.07. The number of rotatable bonds is 9. The molecule has 2 aliphatic carbocycles. The Morgan fingerprint density at radius 1 is 1.09 bits per heavy atom. The first kappa shape index (κ1) is 41.6. The summed E-state index contributed by atoms with van der Waals surface area (Å²) in [4.78, 5) is 62.9. The summed E-state index contributed by atoms with van der Waals surface area (Å²) in [6.45, 7) is 5.43. The summed E-state index contributed by atoms with van der Waals surface area (Å²) >= 11 is 0. The Bertz CT molecular complexity index is 2060. The maximum Gasteiger partial charge on any atom is 0.408 e. The minimum Gasteiger partial charge on any atom is -0.494 e. The summed E-state index contributed by atoms with van der Waals surface area (Å²) in [5.74, 6) is -2.22. The van der Waals surface area contributed by atoms with Gasteiger partial charge >= 0.3 is 6.09 Å². The van der Waals surface area contributed by atoms with E-state index in [0.29, 0.717) is 50.0 Å². The number of carbonyl (C=O) groups is 4. The second-order valence-corrected chi connectivity index (χ2v) is 19.2. The van der Waals surface area contributed by atoms with E-state index in [2.05, 4.69) is 27.3 Å². The van der Waals surface area contributed by atoms with Gasteiger partial charge in [0.15, 0.2) is 0 Å². The molecule has 2 saturated heterocycles. The lowest BCUT2D eigenvalue weighted by molar-refractivity contribution is -0.142. The molecule has 0 spiro atoms. The Morgan fingerprint density at radius 3 is 2.50 bits per heavy atom. The van der Waals surface area contributed by atoms with Crippen LogP contribution in [0.4, 0.5) is 9.18 Å². The summed E-state index contributed by atoms with van der Waals surface area (Å²) in [5, 5.41) is 7.10. The van der Waals surface area contributed by atoms with Crippen LogP contribution in [0.2, 0.25) is 0 Å². The molecule has 1 unspecified atom stereocenters. The number of alkyl halides is 1. The van der Waals surface area contributed by atoms with Crippen LogP contribution in [0.3, 0.4) is 0 Å². The van der Waals surface area contributed by atoms with Gasteiger partial charge in [-0.3, -0.25) is 19.1 Å². The fourth-order valence-corrected chi connectivity index (χ4v) is 10.0. The molecular formula is C41H54FN5O10S. The largest absolute Gasteiger partial charge is 0.494 e. The first-order chi connectivity index (χ1) is 27.6. The van der Waals surface area contributed by atoms with Crippen LogP contribution in [0.15, 0.2) is 42.6 Å². The number of benzene rings is 1. The van der Waals surface area contributed by atoms with Crippen molar-refractivity contribution in [3.05, 3.63) is 42.6 Å². The van der Waals surface area contributed by atoms with E-state index < -0.39 is 80.5 Å². The molecule has 316 valence electrons. The normalized spacial score (nSPS) is 31.3. The van der Waals surface area contributed by atoms with Gasteiger partial charge in [0.05, 0.1) is 33.1 Å². The molecule has 3 N–H and O–H groups in total. The Kier molecular flexibility index (Phi) is 11.7. The third-order valence-corrected chi connectivity index (χ3v) is 14.8. The number of nitrogens with one attached hydrogen (secondary N) is 3. The number of aromatic nitrogens is 1. The third-order valence-electron chi connectivity index (χ3n) is 12.6. The predicted octanol–water partition coefficient (Wildman–Crippen LogP) is 4.09. The number of carbonyl (C=O) groups excluding carboxylic acids is 4. The van der Waals surface area contributed by atoms with Crippen molar-refractivity contribution in [2.24, 2.45) is 17.8 Å². The minimum atomic E-state index is -4.39. The lowest BCUT2D eigenvalue weighted by atomic mass is 9.88. The summed E-state index contributed by atoms with van der Waals surface area (Å²) in [7, 11) is -2.85. The van der Waals surface area contributed by atoms with Crippen molar-refractivity contribution >= 4 is 44.6 Å². The van der Waals surface area contributed by atoms with Gasteiger partial charge in [0.2, 0.25) is 27.7 Å². The van der Waals surface area contributed by atoms with Crippen LogP contribution in [0.25, 0.3) is 10.8 Å². The highest BCUT2D eigenvalue weighted by Gasteiger charge is 2.64.